The number of aliphatic hydroxyl groups is 1. The Morgan fingerprint density at radius 3 is 2.76 bits per heavy atom. The predicted octanol–water partition coefficient (Wildman–Crippen LogP) is 2.14. The minimum atomic E-state index is -0.544. The summed E-state index contributed by atoms with van der Waals surface area (Å²) in [5.74, 6) is 0. The molecule has 2 heterocycles. The third-order valence-corrected chi connectivity index (χ3v) is 2.66. The van der Waals surface area contributed by atoms with E-state index < -0.39 is 6.10 Å². The Morgan fingerprint density at radius 1 is 1.35 bits per heavy atom. The molecule has 17 heavy (non-hydrogen) atoms. The van der Waals surface area contributed by atoms with Crippen LogP contribution >= 0.6 is 0 Å². The second kappa shape index (κ2) is 5.10. The van der Waals surface area contributed by atoms with Gasteiger partial charge in [0.15, 0.2) is 0 Å². The summed E-state index contributed by atoms with van der Waals surface area (Å²) in [6, 6.07) is 6.01. The number of nitrogens with zero attached hydrogens (tertiary/aromatic N) is 3. The highest BCUT2D eigenvalue weighted by Gasteiger charge is 2.12. The van der Waals surface area contributed by atoms with E-state index in [2.05, 4.69) is 23.9 Å². The topological polar surface area (TPSA) is 50.9 Å². The van der Waals surface area contributed by atoms with Gasteiger partial charge in [0.25, 0.3) is 0 Å². The van der Waals surface area contributed by atoms with Gasteiger partial charge < -0.3 is 5.11 Å². The molecule has 2 aromatic heterocycles. The Kier molecular flexibility index (Phi) is 3.54. The highest BCUT2D eigenvalue weighted by Crippen LogP contribution is 2.17. The molecule has 90 valence electrons. The van der Waals surface area contributed by atoms with E-state index in [9.17, 15) is 5.11 Å². The molecule has 0 amide bonds. The van der Waals surface area contributed by atoms with Crippen molar-refractivity contribution in [1.29, 1.82) is 0 Å². The van der Waals surface area contributed by atoms with E-state index in [4.69, 9.17) is 0 Å². The third kappa shape index (κ3) is 2.91. The van der Waals surface area contributed by atoms with Crippen molar-refractivity contribution in [3.63, 3.8) is 0 Å². The summed E-state index contributed by atoms with van der Waals surface area (Å²) in [4.78, 5) is 4.20. The Morgan fingerprint density at radius 2 is 2.18 bits per heavy atom. The van der Waals surface area contributed by atoms with Crippen LogP contribution in [0.25, 0.3) is 0 Å². The Hall–Kier alpha value is -1.68. The van der Waals surface area contributed by atoms with Crippen molar-refractivity contribution in [3.05, 3.63) is 48.0 Å². The average Bonchev–Trinajstić information content (AvgIpc) is 2.79. The van der Waals surface area contributed by atoms with Gasteiger partial charge in [-0.1, -0.05) is 6.07 Å². The fourth-order valence-electron chi connectivity index (χ4n) is 1.64. The van der Waals surface area contributed by atoms with Crippen LogP contribution in [0.1, 0.15) is 37.3 Å². The second-order valence-electron chi connectivity index (χ2n) is 4.39. The molecule has 0 aromatic carbocycles. The van der Waals surface area contributed by atoms with Crippen LogP contribution in [0.4, 0.5) is 0 Å². The summed E-state index contributed by atoms with van der Waals surface area (Å²) in [6.07, 6.45) is 5.31. The number of pyridine rings is 1. The Balaban J connectivity index is 2.07. The van der Waals surface area contributed by atoms with Crippen LogP contribution in [0.2, 0.25) is 0 Å². The summed E-state index contributed by atoms with van der Waals surface area (Å²) in [6.45, 7) is 4.11. The van der Waals surface area contributed by atoms with Crippen molar-refractivity contribution in [2.45, 2.75) is 32.4 Å². The molecular formula is C13H17N3O. The maximum absolute atomic E-state index is 10.1. The largest absolute Gasteiger partial charge is 0.388 e. The molecule has 1 unspecified atom stereocenters. The van der Waals surface area contributed by atoms with Gasteiger partial charge in [0.2, 0.25) is 0 Å². The molecule has 0 aliphatic rings. The molecule has 0 radical (unpaired) electrons. The monoisotopic (exact) mass is 231 g/mol. The maximum atomic E-state index is 10.1. The van der Waals surface area contributed by atoms with Gasteiger partial charge in [0.05, 0.1) is 12.3 Å². The zero-order chi connectivity index (χ0) is 12.3. The van der Waals surface area contributed by atoms with Crippen LogP contribution in [0.15, 0.2) is 36.8 Å². The standard InChI is InChI=1S/C13H17N3O/c1-10(2)16-9-11(8-15-16)13(17)7-12-5-3-4-6-14-12/h3-6,8-10,13,17H,7H2,1-2H3. The van der Waals surface area contributed by atoms with Crippen LogP contribution < -0.4 is 0 Å². The molecule has 2 rings (SSSR count). The van der Waals surface area contributed by atoms with Crippen molar-refractivity contribution in [3.8, 4) is 0 Å². The molecule has 0 bridgehead atoms. The smallest absolute Gasteiger partial charge is 0.0875 e. The molecule has 1 N–H and O–H groups in total. The third-order valence-electron chi connectivity index (χ3n) is 2.66. The number of aromatic nitrogens is 3. The van der Waals surface area contributed by atoms with Gasteiger partial charge in [-0.15, -0.1) is 0 Å². The summed E-state index contributed by atoms with van der Waals surface area (Å²) >= 11 is 0. The minimum Gasteiger partial charge on any atom is -0.388 e. The Labute approximate surface area is 101 Å². The van der Waals surface area contributed by atoms with E-state index in [1.54, 1.807) is 12.4 Å². The van der Waals surface area contributed by atoms with E-state index in [-0.39, 0.29) is 0 Å². The fourth-order valence-corrected chi connectivity index (χ4v) is 1.64. The van der Waals surface area contributed by atoms with Crippen LogP contribution in [-0.2, 0) is 6.42 Å². The lowest BCUT2D eigenvalue weighted by Crippen LogP contribution is -2.03. The lowest BCUT2D eigenvalue weighted by atomic mass is 10.1. The molecule has 0 saturated carbocycles. The van der Waals surface area contributed by atoms with Gasteiger partial charge in [-0.05, 0) is 26.0 Å². The molecule has 4 heteroatoms. The molecular weight excluding hydrogens is 214 g/mol. The van der Waals surface area contributed by atoms with Gasteiger partial charge in [-0.2, -0.15) is 5.10 Å². The Bertz CT molecular complexity index is 465. The summed E-state index contributed by atoms with van der Waals surface area (Å²) in [7, 11) is 0. The molecule has 0 saturated heterocycles. The zero-order valence-electron chi connectivity index (χ0n) is 10.1. The second-order valence-corrected chi connectivity index (χ2v) is 4.39. The van der Waals surface area contributed by atoms with Gasteiger partial charge in [-0.3, -0.25) is 9.67 Å². The average molecular weight is 231 g/mol. The first-order valence-corrected chi connectivity index (χ1v) is 5.79. The summed E-state index contributed by atoms with van der Waals surface area (Å²) < 4.78 is 1.84. The van der Waals surface area contributed by atoms with Crippen molar-refractivity contribution < 1.29 is 5.11 Å². The molecule has 0 fully saturated rings. The normalized spacial score (nSPS) is 12.9. The van der Waals surface area contributed by atoms with E-state index in [0.29, 0.717) is 12.5 Å². The molecule has 1 atom stereocenters. The van der Waals surface area contributed by atoms with Crippen molar-refractivity contribution in [2.75, 3.05) is 0 Å². The summed E-state index contributed by atoms with van der Waals surface area (Å²) in [5.41, 5.74) is 1.72. The SMILES string of the molecule is CC(C)n1cc(C(O)Cc2ccccn2)cn1. The summed E-state index contributed by atoms with van der Waals surface area (Å²) in [5, 5.41) is 14.3. The molecule has 0 spiro atoms. The lowest BCUT2D eigenvalue weighted by Gasteiger charge is -2.08. The van der Waals surface area contributed by atoms with E-state index in [1.807, 2.05) is 29.1 Å². The fraction of sp³-hybridized carbons (Fsp3) is 0.385. The number of hydrogen-bond acceptors (Lipinski definition) is 3. The first kappa shape index (κ1) is 11.8. The number of hydrogen-bond donors (Lipinski definition) is 1. The number of rotatable bonds is 4. The van der Waals surface area contributed by atoms with Crippen molar-refractivity contribution in [1.82, 2.24) is 14.8 Å². The van der Waals surface area contributed by atoms with Crippen LogP contribution in [0.3, 0.4) is 0 Å². The molecule has 4 nitrogen and oxygen atoms in total. The van der Waals surface area contributed by atoms with Gasteiger partial charge in [0, 0.05) is 36.1 Å². The highest BCUT2D eigenvalue weighted by atomic mass is 16.3. The van der Waals surface area contributed by atoms with E-state index in [0.717, 1.165) is 11.3 Å². The van der Waals surface area contributed by atoms with E-state index in [1.165, 1.54) is 0 Å². The zero-order valence-corrected chi connectivity index (χ0v) is 10.1. The number of aliphatic hydroxyl groups excluding tert-OH is 1. The van der Waals surface area contributed by atoms with E-state index >= 15 is 0 Å². The van der Waals surface area contributed by atoms with Gasteiger partial charge in [-0.25, -0.2) is 0 Å². The highest BCUT2D eigenvalue weighted by molar-refractivity contribution is 5.13. The molecule has 2 aromatic rings. The molecule has 0 aliphatic carbocycles. The first-order chi connectivity index (χ1) is 8.16. The van der Waals surface area contributed by atoms with Gasteiger partial charge in [0.1, 0.15) is 0 Å². The molecule has 0 aliphatic heterocycles. The quantitative estimate of drug-likeness (QED) is 0.877. The van der Waals surface area contributed by atoms with Gasteiger partial charge >= 0.3 is 0 Å². The minimum absolute atomic E-state index is 0.311. The lowest BCUT2D eigenvalue weighted by molar-refractivity contribution is 0.177. The van der Waals surface area contributed by atoms with Crippen LogP contribution in [-0.4, -0.2) is 19.9 Å². The first-order valence-electron chi connectivity index (χ1n) is 5.79. The maximum Gasteiger partial charge on any atom is 0.0875 e. The van der Waals surface area contributed by atoms with Crippen LogP contribution in [0, 0.1) is 0 Å². The van der Waals surface area contributed by atoms with Crippen molar-refractivity contribution >= 4 is 0 Å². The predicted molar refractivity (Wildman–Crippen MR) is 65.5 cm³/mol. The van der Waals surface area contributed by atoms with Crippen LogP contribution in [0.5, 0.6) is 0 Å². The van der Waals surface area contributed by atoms with Crippen molar-refractivity contribution in [2.24, 2.45) is 0 Å².